The lowest BCUT2D eigenvalue weighted by molar-refractivity contribution is 0.355. The van der Waals surface area contributed by atoms with Gasteiger partial charge >= 0.3 is 0 Å². The van der Waals surface area contributed by atoms with Crippen LogP contribution in [0.3, 0.4) is 0 Å². The highest BCUT2D eigenvalue weighted by Crippen LogP contribution is 2.36. The molecule has 0 aromatic heterocycles. The molecule has 0 radical (unpaired) electrons. The Balaban J connectivity index is 2.92. The topological polar surface area (TPSA) is 30.5 Å². The maximum Gasteiger partial charge on any atom is 0.162 e. The number of hydrogen-bond donors (Lipinski definition) is 1. The Morgan fingerprint density at radius 1 is 1.05 bits per heavy atom. The molecule has 0 atom stereocenters. The van der Waals surface area contributed by atoms with E-state index >= 15 is 0 Å². The summed E-state index contributed by atoms with van der Waals surface area (Å²) in [4.78, 5) is 0. The summed E-state index contributed by atoms with van der Waals surface area (Å²) in [7, 11) is 3.24. The van der Waals surface area contributed by atoms with E-state index in [1.165, 1.54) is 0 Å². The summed E-state index contributed by atoms with van der Waals surface area (Å²) in [5.74, 6) is 1.35. The van der Waals surface area contributed by atoms with E-state index in [9.17, 15) is 0 Å². The van der Waals surface area contributed by atoms with Crippen molar-refractivity contribution in [3.05, 3.63) is 17.2 Å². The molecule has 0 unspecified atom stereocenters. The Bertz CT molecular complexity index is 390. The van der Waals surface area contributed by atoms with Gasteiger partial charge < -0.3 is 14.8 Å². The highest BCUT2D eigenvalue weighted by atomic mass is 35.5. The molecule has 1 rings (SSSR count). The van der Waals surface area contributed by atoms with Gasteiger partial charge in [-0.15, -0.1) is 0 Å². The van der Waals surface area contributed by atoms with Crippen LogP contribution < -0.4 is 14.8 Å². The number of methoxy groups -OCH3 is 2. The summed E-state index contributed by atoms with van der Waals surface area (Å²) >= 11 is 6.28. The minimum absolute atomic E-state index is 0.450. The van der Waals surface area contributed by atoms with E-state index in [-0.39, 0.29) is 0 Å². The van der Waals surface area contributed by atoms with Crippen LogP contribution in [0.25, 0.3) is 0 Å². The lowest BCUT2D eigenvalue weighted by atomic mass is 10.1. The second-order valence-electron chi connectivity index (χ2n) is 4.61. The second-order valence-corrected chi connectivity index (χ2v) is 5.01. The first-order chi connectivity index (χ1) is 9.15. The van der Waals surface area contributed by atoms with E-state index in [4.69, 9.17) is 21.1 Å². The number of rotatable bonds is 8. The normalized spacial score (nSPS) is 10.6. The molecule has 0 aliphatic heterocycles. The quantitative estimate of drug-likeness (QED) is 0.748. The first-order valence-corrected chi connectivity index (χ1v) is 7.22. The maximum atomic E-state index is 6.28. The molecule has 4 heteroatoms. The number of hydrogen-bond acceptors (Lipinski definition) is 3. The van der Waals surface area contributed by atoms with Crippen LogP contribution in [0.5, 0.6) is 11.5 Å². The van der Waals surface area contributed by atoms with Crippen molar-refractivity contribution in [1.82, 2.24) is 0 Å². The van der Waals surface area contributed by atoms with Gasteiger partial charge in [0, 0.05) is 18.2 Å². The van der Waals surface area contributed by atoms with Crippen molar-refractivity contribution < 1.29 is 9.47 Å². The highest BCUT2D eigenvalue weighted by molar-refractivity contribution is 6.33. The van der Waals surface area contributed by atoms with Gasteiger partial charge in [-0.25, -0.2) is 0 Å². The lowest BCUT2D eigenvalue weighted by Crippen LogP contribution is -2.19. The maximum absolute atomic E-state index is 6.28. The SMILES string of the molecule is CCCC(CCC)Nc1cc(OC)c(OC)cc1Cl. The fourth-order valence-electron chi connectivity index (χ4n) is 2.17. The second kappa shape index (κ2) is 8.16. The monoisotopic (exact) mass is 285 g/mol. The molecule has 0 saturated heterocycles. The number of ether oxygens (including phenoxy) is 2. The van der Waals surface area contributed by atoms with Gasteiger partial charge in [0.2, 0.25) is 0 Å². The molecule has 0 aliphatic rings. The van der Waals surface area contributed by atoms with Gasteiger partial charge in [0.05, 0.1) is 24.9 Å². The fraction of sp³-hybridized carbons (Fsp3) is 0.600. The fourth-order valence-corrected chi connectivity index (χ4v) is 2.38. The van der Waals surface area contributed by atoms with Gasteiger partial charge in [0.1, 0.15) is 0 Å². The van der Waals surface area contributed by atoms with Crippen molar-refractivity contribution in [1.29, 1.82) is 0 Å². The molecule has 3 nitrogen and oxygen atoms in total. The zero-order valence-corrected chi connectivity index (χ0v) is 13.0. The molecule has 1 aromatic carbocycles. The molecule has 108 valence electrons. The highest BCUT2D eigenvalue weighted by Gasteiger charge is 2.13. The Labute approximate surface area is 121 Å². The molecular formula is C15H24ClNO2. The van der Waals surface area contributed by atoms with Crippen LogP contribution in [0.1, 0.15) is 39.5 Å². The Kier molecular flexibility index (Phi) is 6.85. The van der Waals surface area contributed by atoms with Crippen molar-refractivity contribution in [2.45, 2.75) is 45.6 Å². The Morgan fingerprint density at radius 2 is 1.58 bits per heavy atom. The van der Waals surface area contributed by atoms with Gasteiger partial charge in [0.15, 0.2) is 11.5 Å². The lowest BCUT2D eigenvalue weighted by Gasteiger charge is -2.20. The number of halogens is 1. The van der Waals surface area contributed by atoms with E-state index in [0.29, 0.717) is 22.6 Å². The molecule has 0 heterocycles. The molecule has 1 N–H and O–H groups in total. The van der Waals surface area contributed by atoms with Crippen molar-refractivity contribution in [2.24, 2.45) is 0 Å². The van der Waals surface area contributed by atoms with Crippen LogP contribution in [-0.2, 0) is 0 Å². The number of anilines is 1. The minimum atomic E-state index is 0.450. The van der Waals surface area contributed by atoms with E-state index in [1.807, 2.05) is 6.07 Å². The van der Waals surface area contributed by atoms with Crippen LogP contribution in [0.2, 0.25) is 5.02 Å². The van der Waals surface area contributed by atoms with Crippen LogP contribution in [-0.4, -0.2) is 20.3 Å². The van der Waals surface area contributed by atoms with E-state index in [1.54, 1.807) is 20.3 Å². The molecule has 0 saturated carbocycles. The molecule has 0 aliphatic carbocycles. The van der Waals surface area contributed by atoms with Gasteiger partial charge in [-0.1, -0.05) is 38.3 Å². The summed E-state index contributed by atoms with van der Waals surface area (Å²) in [6.45, 7) is 4.39. The Morgan fingerprint density at radius 3 is 2.05 bits per heavy atom. The molecule has 0 fully saturated rings. The van der Waals surface area contributed by atoms with Crippen LogP contribution in [0.4, 0.5) is 5.69 Å². The molecule has 0 spiro atoms. The summed E-state index contributed by atoms with van der Waals surface area (Å²) in [5, 5.41) is 4.17. The van der Waals surface area contributed by atoms with E-state index < -0.39 is 0 Å². The van der Waals surface area contributed by atoms with Crippen molar-refractivity contribution in [3.63, 3.8) is 0 Å². The minimum Gasteiger partial charge on any atom is -0.493 e. The van der Waals surface area contributed by atoms with Gasteiger partial charge in [0.25, 0.3) is 0 Å². The first-order valence-electron chi connectivity index (χ1n) is 6.84. The first kappa shape index (κ1) is 16.0. The molecule has 0 amide bonds. The molecule has 0 bridgehead atoms. The summed E-state index contributed by atoms with van der Waals surface area (Å²) in [6.07, 6.45) is 4.59. The average molecular weight is 286 g/mol. The summed E-state index contributed by atoms with van der Waals surface area (Å²) in [5.41, 5.74) is 0.909. The van der Waals surface area contributed by atoms with E-state index in [2.05, 4.69) is 19.2 Å². The third kappa shape index (κ3) is 4.50. The zero-order chi connectivity index (χ0) is 14.3. The largest absolute Gasteiger partial charge is 0.493 e. The third-order valence-corrected chi connectivity index (χ3v) is 3.42. The summed E-state index contributed by atoms with van der Waals surface area (Å²) in [6, 6.07) is 4.14. The number of nitrogens with one attached hydrogen (secondary N) is 1. The Hall–Kier alpha value is -1.09. The van der Waals surface area contributed by atoms with Crippen LogP contribution >= 0.6 is 11.6 Å². The average Bonchev–Trinajstić information content (AvgIpc) is 2.41. The third-order valence-electron chi connectivity index (χ3n) is 3.11. The van der Waals surface area contributed by atoms with Crippen molar-refractivity contribution in [2.75, 3.05) is 19.5 Å². The summed E-state index contributed by atoms with van der Waals surface area (Å²) < 4.78 is 10.5. The standard InChI is InChI=1S/C15H24ClNO2/c1-5-7-11(8-6-2)17-13-10-15(19-4)14(18-3)9-12(13)16/h9-11,17H,5-8H2,1-4H3. The molecular weight excluding hydrogens is 262 g/mol. The molecule has 19 heavy (non-hydrogen) atoms. The zero-order valence-electron chi connectivity index (χ0n) is 12.3. The predicted molar refractivity (Wildman–Crippen MR) is 81.8 cm³/mol. The van der Waals surface area contributed by atoms with Crippen molar-refractivity contribution >= 4 is 17.3 Å². The smallest absolute Gasteiger partial charge is 0.162 e. The van der Waals surface area contributed by atoms with Gasteiger partial charge in [-0.3, -0.25) is 0 Å². The van der Waals surface area contributed by atoms with E-state index in [0.717, 1.165) is 31.4 Å². The van der Waals surface area contributed by atoms with Crippen LogP contribution in [0, 0.1) is 0 Å². The van der Waals surface area contributed by atoms with Gasteiger partial charge in [-0.05, 0) is 12.8 Å². The number of benzene rings is 1. The molecule has 1 aromatic rings. The van der Waals surface area contributed by atoms with Crippen LogP contribution in [0.15, 0.2) is 12.1 Å². The van der Waals surface area contributed by atoms with Crippen molar-refractivity contribution in [3.8, 4) is 11.5 Å². The van der Waals surface area contributed by atoms with Gasteiger partial charge in [-0.2, -0.15) is 0 Å². The predicted octanol–water partition coefficient (Wildman–Crippen LogP) is 4.74.